The molecular weight excluding hydrogens is 336 g/mol. The average Bonchev–Trinajstić information content (AvgIpc) is 3.08. The lowest BCUT2D eigenvalue weighted by atomic mass is 10.1. The molecule has 1 aromatic heterocycles. The highest BCUT2D eigenvalue weighted by Gasteiger charge is 2.08. The number of primary sulfonamides is 1. The van der Waals surface area contributed by atoms with Gasteiger partial charge in [-0.2, -0.15) is 0 Å². The lowest BCUT2D eigenvalue weighted by molar-refractivity contribution is -0.671. The molecule has 0 aliphatic heterocycles. The lowest BCUT2D eigenvalue weighted by Gasteiger charge is -2.03. The van der Waals surface area contributed by atoms with E-state index in [9.17, 15) is 8.42 Å². The number of nitrogens with two attached hydrogens (primary N) is 2. The summed E-state index contributed by atoms with van der Waals surface area (Å²) in [4.78, 5) is 0.143. The Morgan fingerprint density at radius 2 is 1.64 bits per heavy atom. The minimum absolute atomic E-state index is 0.143. The van der Waals surface area contributed by atoms with E-state index in [1.54, 1.807) is 24.3 Å². The van der Waals surface area contributed by atoms with E-state index in [1.807, 2.05) is 42.5 Å². The third-order valence-electron chi connectivity index (χ3n) is 3.95. The van der Waals surface area contributed by atoms with Crippen LogP contribution in [0.15, 0.2) is 76.0 Å². The topological polar surface area (TPSA) is 89.9 Å². The first-order valence-corrected chi connectivity index (χ1v) is 9.64. The van der Waals surface area contributed by atoms with Crippen LogP contribution in [0.1, 0.15) is 11.3 Å². The second kappa shape index (κ2) is 7.65. The summed E-state index contributed by atoms with van der Waals surface area (Å²) in [6.07, 6.45) is 0.844. The lowest BCUT2D eigenvalue weighted by Crippen LogP contribution is -2.83. The van der Waals surface area contributed by atoms with Gasteiger partial charge in [0, 0.05) is 12.0 Å². The molecule has 0 aliphatic rings. The average molecular weight is 357 g/mol. The zero-order valence-electron chi connectivity index (χ0n) is 13.8. The molecule has 0 saturated heterocycles. The van der Waals surface area contributed by atoms with Gasteiger partial charge in [-0.15, -0.1) is 0 Å². The summed E-state index contributed by atoms with van der Waals surface area (Å²) in [6.45, 7) is 1.65. The molecule has 1 heterocycles. The summed E-state index contributed by atoms with van der Waals surface area (Å²) < 4.78 is 28.3. The van der Waals surface area contributed by atoms with Gasteiger partial charge in [-0.25, -0.2) is 13.6 Å². The molecule has 4 N–H and O–H groups in total. The largest absolute Gasteiger partial charge is 0.455 e. The van der Waals surface area contributed by atoms with Crippen LogP contribution in [0.4, 0.5) is 0 Å². The Balaban J connectivity index is 1.48. The first kappa shape index (κ1) is 17.4. The molecule has 3 rings (SSSR count). The fourth-order valence-corrected chi connectivity index (χ4v) is 3.12. The Morgan fingerprint density at radius 1 is 0.920 bits per heavy atom. The van der Waals surface area contributed by atoms with Gasteiger partial charge in [0.25, 0.3) is 0 Å². The second-order valence-electron chi connectivity index (χ2n) is 5.85. The SMILES string of the molecule is NS(=O)(=O)c1ccc(CC[NH2+]Cc2ccc(-c3ccccc3)o2)cc1. The normalized spacial score (nSPS) is 11.6. The monoisotopic (exact) mass is 357 g/mol. The molecule has 130 valence electrons. The van der Waals surface area contributed by atoms with Crippen molar-refractivity contribution < 1.29 is 18.2 Å². The van der Waals surface area contributed by atoms with Crippen LogP contribution >= 0.6 is 0 Å². The van der Waals surface area contributed by atoms with Crippen LogP contribution in [0, 0.1) is 0 Å². The Bertz CT molecular complexity index is 917. The van der Waals surface area contributed by atoms with Crippen molar-refractivity contribution in [3.05, 3.63) is 78.1 Å². The molecule has 5 nitrogen and oxygen atoms in total. The standard InChI is InChI=1S/C19H20N2O3S/c20-25(22,23)18-9-6-15(7-10-18)12-13-21-14-17-8-11-19(24-17)16-4-2-1-3-5-16/h1-11,21H,12-14H2,(H2,20,22,23)/p+1. The predicted octanol–water partition coefficient (Wildman–Crippen LogP) is 1.90. The van der Waals surface area contributed by atoms with Gasteiger partial charge >= 0.3 is 0 Å². The molecular formula is C19H21N2O3S+. The number of hydrogen-bond acceptors (Lipinski definition) is 3. The van der Waals surface area contributed by atoms with E-state index in [0.29, 0.717) is 0 Å². The molecule has 0 bridgehead atoms. The Hall–Kier alpha value is -2.41. The van der Waals surface area contributed by atoms with E-state index >= 15 is 0 Å². The van der Waals surface area contributed by atoms with E-state index in [2.05, 4.69) is 5.32 Å². The molecule has 0 aliphatic carbocycles. The minimum Gasteiger partial charge on any atom is -0.455 e. The maximum Gasteiger partial charge on any atom is 0.238 e. The first-order chi connectivity index (χ1) is 12.0. The number of sulfonamides is 1. The number of furan rings is 1. The Morgan fingerprint density at radius 3 is 2.32 bits per heavy atom. The fraction of sp³-hybridized carbons (Fsp3) is 0.158. The maximum atomic E-state index is 11.2. The van der Waals surface area contributed by atoms with Crippen LogP contribution in [0.25, 0.3) is 11.3 Å². The van der Waals surface area contributed by atoms with Crippen LogP contribution in [-0.4, -0.2) is 15.0 Å². The molecule has 2 aromatic carbocycles. The highest BCUT2D eigenvalue weighted by atomic mass is 32.2. The summed E-state index contributed by atoms with van der Waals surface area (Å²) in [5.74, 6) is 1.81. The summed E-state index contributed by atoms with van der Waals surface area (Å²) in [7, 11) is -3.62. The molecule has 0 atom stereocenters. The van der Waals surface area contributed by atoms with Crippen molar-refractivity contribution in [1.82, 2.24) is 0 Å². The molecule has 3 aromatic rings. The summed E-state index contributed by atoms with van der Waals surface area (Å²) >= 11 is 0. The summed E-state index contributed by atoms with van der Waals surface area (Å²) in [5, 5.41) is 7.26. The molecule has 6 heteroatoms. The smallest absolute Gasteiger partial charge is 0.238 e. The van der Waals surface area contributed by atoms with Gasteiger partial charge in [-0.3, -0.25) is 0 Å². The van der Waals surface area contributed by atoms with E-state index in [-0.39, 0.29) is 4.90 Å². The minimum atomic E-state index is -3.62. The molecule has 25 heavy (non-hydrogen) atoms. The first-order valence-electron chi connectivity index (χ1n) is 8.10. The van der Waals surface area contributed by atoms with Crippen LogP contribution < -0.4 is 10.5 Å². The zero-order valence-corrected chi connectivity index (χ0v) is 14.6. The fourth-order valence-electron chi connectivity index (χ4n) is 2.60. The van der Waals surface area contributed by atoms with Crippen molar-refractivity contribution in [2.45, 2.75) is 17.9 Å². The summed E-state index contributed by atoms with van der Waals surface area (Å²) in [5.41, 5.74) is 2.15. The maximum absolute atomic E-state index is 11.2. The van der Waals surface area contributed by atoms with E-state index in [0.717, 1.165) is 42.2 Å². The van der Waals surface area contributed by atoms with Gasteiger partial charge in [0.15, 0.2) is 5.76 Å². The number of hydrogen-bond donors (Lipinski definition) is 2. The van der Waals surface area contributed by atoms with E-state index < -0.39 is 10.0 Å². The third kappa shape index (κ3) is 4.79. The number of quaternary nitrogens is 1. The summed E-state index contributed by atoms with van der Waals surface area (Å²) in [6, 6.07) is 20.7. The van der Waals surface area contributed by atoms with Crippen molar-refractivity contribution in [2.24, 2.45) is 5.14 Å². The quantitative estimate of drug-likeness (QED) is 0.633. The van der Waals surface area contributed by atoms with E-state index in [4.69, 9.17) is 9.56 Å². The predicted molar refractivity (Wildman–Crippen MR) is 96.2 cm³/mol. The van der Waals surface area contributed by atoms with Gasteiger partial charge in [-0.1, -0.05) is 42.5 Å². The molecule has 0 saturated carbocycles. The van der Waals surface area contributed by atoms with Crippen LogP contribution in [-0.2, 0) is 23.0 Å². The second-order valence-corrected chi connectivity index (χ2v) is 7.41. The van der Waals surface area contributed by atoms with Gasteiger partial charge in [0.2, 0.25) is 10.0 Å². The van der Waals surface area contributed by atoms with Crippen LogP contribution in [0.3, 0.4) is 0 Å². The van der Waals surface area contributed by atoms with Crippen molar-refractivity contribution in [1.29, 1.82) is 0 Å². The number of benzene rings is 2. The molecule has 0 fully saturated rings. The van der Waals surface area contributed by atoms with Crippen molar-refractivity contribution in [3.8, 4) is 11.3 Å². The van der Waals surface area contributed by atoms with Gasteiger partial charge in [-0.05, 0) is 29.8 Å². The molecule has 0 radical (unpaired) electrons. The van der Waals surface area contributed by atoms with Crippen molar-refractivity contribution >= 4 is 10.0 Å². The van der Waals surface area contributed by atoms with Crippen molar-refractivity contribution in [2.75, 3.05) is 6.54 Å². The highest BCUT2D eigenvalue weighted by Crippen LogP contribution is 2.21. The van der Waals surface area contributed by atoms with Crippen LogP contribution in [0.2, 0.25) is 0 Å². The van der Waals surface area contributed by atoms with Gasteiger partial charge in [0.05, 0.1) is 11.4 Å². The Kier molecular flexibility index (Phi) is 5.33. The van der Waals surface area contributed by atoms with Gasteiger partial charge < -0.3 is 9.73 Å². The molecule has 0 unspecified atom stereocenters. The third-order valence-corrected chi connectivity index (χ3v) is 4.88. The van der Waals surface area contributed by atoms with Crippen LogP contribution in [0.5, 0.6) is 0 Å². The zero-order chi connectivity index (χ0) is 17.7. The number of rotatable bonds is 7. The highest BCUT2D eigenvalue weighted by molar-refractivity contribution is 7.89. The van der Waals surface area contributed by atoms with Crippen molar-refractivity contribution in [3.63, 3.8) is 0 Å². The van der Waals surface area contributed by atoms with E-state index in [1.165, 1.54) is 0 Å². The molecule has 0 amide bonds. The molecule has 0 spiro atoms. The van der Waals surface area contributed by atoms with Gasteiger partial charge in [0.1, 0.15) is 12.3 Å². The Labute approximate surface area is 147 Å².